The van der Waals surface area contributed by atoms with Crippen molar-refractivity contribution in [3.63, 3.8) is 0 Å². The monoisotopic (exact) mass is 340 g/mol. The molecule has 6 heteroatoms. The first-order valence-electron chi connectivity index (χ1n) is 7.69. The molecule has 0 aliphatic carbocycles. The molecular weight excluding hydrogens is 324 g/mol. The summed E-state index contributed by atoms with van der Waals surface area (Å²) in [5, 5.41) is 0.335. The highest BCUT2D eigenvalue weighted by Gasteiger charge is 2.11. The van der Waals surface area contributed by atoms with Gasteiger partial charge in [-0.05, 0) is 36.4 Å². The van der Waals surface area contributed by atoms with Gasteiger partial charge in [0.15, 0.2) is 0 Å². The normalized spacial score (nSPS) is 10.5. The molecule has 0 aliphatic heterocycles. The zero-order valence-corrected chi connectivity index (χ0v) is 13.8. The van der Waals surface area contributed by atoms with Gasteiger partial charge in [-0.25, -0.2) is 0 Å². The first-order valence-corrected chi connectivity index (χ1v) is 7.69. The highest BCUT2D eigenvalue weighted by molar-refractivity contribution is 5.80. The van der Waals surface area contributed by atoms with Gasteiger partial charge in [-0.3, -0.25) is 9.59 Å². The van der Waals surface area contributed by atoms with Gasteiger partial charge in [0.05, 0.1) is 12.5 Å². The largest absolute Gasteiger partial charge is 0.497 e. The second-order valence-corrected chi connectivity index (χ2v) is 5.19. The number of benzene rings is 2. The molecule has 0 atom stereocenters. The summed E-state index contributed by atoms with van der Waals surface area (Å²) in [5.41, 5.74) is -0.001000. The van der Waals surface area contributed by atoms with Crippen LogP contribution in [0, 0.1) is 0 Å². The van der Waals surface area contributed by atoms with Crippen molar-refractivity contribution in [1.29, 1.82) is 0 Å². The van der Waals surface area contributed by atoms with Crippen LogP contribution in [-0.2, 0) is 4.79 Å². The molecule has 0 N–H and O–H groups in total. The Hall–Kier alpha value is -3.28. The molecule has 0 amide bonds. The van der Waals surface area contributed by atoms with E-state index in [0.29, 0.717) is 28.2 Å². The minimum atomic E-state index is -0.360. The van der Waals surface area contributed by atoms with E-state index in [9.17, 15) is 9.59 Å². The molecule has 3 aromatic rings. The maximum absolute atomic E-state index is 12.5. The molecule has 0 saturated carbocycles. The average Bonchev–Trinajstić information content (AvgIpc) is 2.64. The average molecular weight is 340 g/mol. The fraction of sp³-hybridized carbons (Fsp3) is 0.158. The second kappa shape index (κ2) is 7.09. The third-order valence-corrected chi connectivity index (χ3v) is 3.52. The highest BCUT2D eigenvalue weighted by Crippen LogP contribution is 2.25. The predicted molar refractivity (Wildman–Crippen MR) is 91.5 cm³/mol. The van der Waals surface area contributed by atoms with Gasteiger partial charge in [-0.15, -0.1) is 0 Å². The Bertz CT molecular complexity index is 956. The highest BCUT2D eigenvalue weighted by atomic mass is 16.5. The molecule has 128 valence electrons. The Balaban J connectivity index is 1.90. The zero-order chi connectivity index (χ0) is 17.8. The van der Waals surface area contributed by atoms with Gasteiger partial charge >= 0.3 is 5.97 Å². The summed E-state index contributed by atoms with van der Waals surface area (Å²) in [6, 6.07) is 11.4. The minimum Gasteiger partial charge on any atom is -0.497 e. The van der Waals surface area contributed by atoms with Crippen LogP contribution in [0.5, 0.6) is 23.0 Å². The SMILES string of the molecule is CCC(=O)Oc1ccc2c(=O)c(Oc3ccc(OC)cc3)coc2c1. The van der Waals surface area contributed by atoms with E-state index >= 15 is 0 Å². The number of fused-ring (bicyclic) bond motifs is 1. The van der Waals surface area contributed by atoms with Crippen LogP contribution in [0.2, 0.25) is 0 Å². The fourth-order valence-electron chi connectivity index (χ4n) is 2.20. The number of methoxy groups -OCH3 is 1. The molecule has 3 rings (SSSR count). The van der Waals surface area contributed by atoms with Crippen LogP contribution in [-0.4, -0.2) is 13.1 Å². The summed E-state index contributed by atoms with van der Waals surface area (Å²) in [4.78, 5) is 23.9. The number of carbonyl (C=O) groups is 1. The molecule has 25 heavy (non-hydrogen) atoms. The van der Waals surface area contributed by atoms with Gasteiger partial charge in [0.25, 0.3) is 0 Å². The molecule has 0 radical (unpaired) electrons. The van der Waals surface area contributed by atoms with Crippen molar-refractivity contribution in [2.24, 2.45) is 0 Å². The molecule has 2 aromatic carbocycles. The number of hydrogen-bond acceptors (Lipinski definition) is 6. The van der Waals surface area contributed by atoms with Gasteiger partial charge in [0, 0.05) is 12.5 Å². The summed E-state index contributed by atoms with van der Waals surface area (Å²) in [7, 11) is 1.57. The molecule has 0 aliphatic rings. The fourth-order valence-corrected chi connectivity index (χ4v) is 2.20. The predicted octanol–water partition coefficient (Wildman–Crippen LogP) is 3.91. The van der Waals surface area contributed by atoms with Crippen LogP contribution in [0.3, 0.4) is 0 Å². The van der Waals surface area contributed by atoms with Crippen molar-refractivity contribution >= 4 is 16.9 Å². The molecular formula is C19H16O6. The van der Waals surface area contributed by atoms with Crippen LogP contribution in [0.1, 0.15) is 13.3 Å². The van der Waals surface area contributed by atoms with E-state index in [1.807, 2.05) is 0 Å². The first-order chi connectivity index (χ1) is 12.1. The van der Waals surface area contributed by atoms with E-state index in [0.717, 1.165) is 0 Å². The van der Waals surface area contributed by atoms with E-state index in [2.05, 4.69) is 0 Å². The Morgan fingerprint density at radius 1 is 1.04 bits per heavy atom. The first kappa shape index (κ1) is 16.6. The summed E-state index contributed by atoms with van der Waals surface area (Å²) in [5.74, 6) is 1.21. The van der Waals surface area contributed by atoms with Gasteiger partial charge in [-0.2, -0.15) is 0 Å². The molecule has 6 nitrogen and oxygen atoms in total. The zero-order valence-electron chi connectivity index (χ0n) is 13.8. The molecule has 1 aromatic heterocycles. The molecule has 1 heterocycles. The number of rotatable bonds is 5. The summed E-state index contributed by atoms with van der Waals surface area (Å²) in [6.45, 7) is 1.70. The van der Waals surface area contributed by atoms with Gasteiger partial charge in [0.2, 0.25) is 11.2 Å². The summed E-state index contributed by atoms with van der Waals surface area (Å²) < 4.78 is 21.2. The quantitative estimate of drug-likeness (QED) is 0.518. The van der Waals surface area contributed by atoms with E-state index in [4.69, 9.17) is 18.6 Å². The van der Waals surface area contributed by atoms with Crippen LogP contribution in [0.4, 0.5) is 0 Å². The third-order valence-electron chi connectivity index (χ3n) is 3.52. The van der Waals surface area contributed by atoms with Crippen LogP contribution < -0.4 is 19.6 Å². The maximum atomic E-state index is 12.5. The van der Waals surface area contributed by atoms with Gasteiger partial charge in [-0.1, -0.05) is 6.92 Å². The van der Waals surface area contributed by atoms with E-state index < -0.39 is 0 Å². The number of ether oxygens (including phenoxy) is 3. The van der Waals surface area contributed by atoms with Crippen molar-refractivity contribution in [2.45, 2.75) is 13.3 Å². The Labute approximate surface area is 143 Å². The number of esters is 1. The van der Waals surface area contributed by atoms with Crippen LogP contribution in [0.25, 0.3) is 11.0 Å². The lowest BCUT2D eigenvalue weighted by atomic mass is 10.2. The second-order valence-electron chi connectivity index (χ2n) is 5.19. The van der Waals surface area contributed by atoms with E-state index in [-0.39, 0.29) is 23.6 Å². The Morgan fingerprint density at radius 3 is 2.40 bits per heavy atom. The van der Waals surface area contributed by atoms with E-state index in [1.54, 1.807) is 50.4 Å². The lowest BCUT2D eigenvalue weighted by Crippen LogP contribution is -2.07. The summed E-state index contributed by atoms with van der Waals surface area (Å²) in [6.07, 6.45) is 1.50. The Morgan fingerprint density at radius 2 is 1.72 bits per heavy atom. The molecule has 0 spiro atoms. The van der Waals surface area contributed by atoms with Crippen LogP contribution >= 0.6 is 0 Å². The summed E-state index contributed by atoms with van der Waals surface area (Å²) >= 11 is 0. The van der Waals surface area contributed by atoms with Crippen molar-refractivity contribution < 1.29 is 23.4 Å². The third kappa shape index (κ3) is 3.63. The smallest absolute Gasteiger partial charge is 0.310 e. The molecule has 0 bridgehead atoms. The van der Waals surface area contributed by atoms with Crippen molar-refractivity contribution in [3.05, 3.63) is 59.0 Å². The molecule has 0 unspecified atom stereocenters. The van der Waals surface area contributed by atoms with Crippen LogP contribution in [0.15, 0.2) is 57.9 Å². The van der Waals surface area contributed by atoms with Gasteiger partial charge < -0.3 is 18.6 Å². The van der Waals surface area contributed by atoms with E-state index in [1.165, 1.54) is 12.3 Å². The van der Waals surface area contributed by atoms with Gasteiger partial charge in [0.1, 0.15) is 29.1 Å². The molecule has 0 fully saturated rings. The standard InChI is InChI=1S/C19H16O6/c1-3-18(20)25-14-8-9-15-16(10-14)23-11-17(19(15)21)24-13-6-4-12(22-2)5-7-13/h4-11H,3H2,1-2H3. The lowest BCUT2D eigenvalue weighted by Gasteiger charge is -2.07. The minimum absolute atomic E-state index is 0.0657. The van der Waals surface area contributed by atoms with Crippen molar-refractivity contribution in [1.82, 2.24) is 0 Å². The topological polar surface area (TPSA) is 75.0 Å². The number of hydrogen-bond donors (Lipinski definition) is 0. The van der Waals surface area contributed by atoms with Crippen molar-refractivity contribution in [3.8, 4) is 23.0 Å². The maximum Gasteiger partial charge on any atom is 0.310 e. The van der Waals surface area contributed by atoms with Crippen molar-refractivity contribution in [2.75, 3.05) is 7.11 Å². The lowest BCUT2D eigenvalue weighted by molar-refractivity contribution is -0.134. The molecule has 0 saturated heterocycles. The Kier molecular flexibility index (Phi) is 4.70. The number of carbonyl (C=O) groups excluding carboxylic acids is 1.